The van der Waals surface area contributed by atoms with E-state index in [2.05, 4.69) is 137 Å². The topological polar surface area (TPSA) is 29.0 Å². The third-order valence-electron chi connectivity index (χ3n) is 8.99. The zero-order chi connectivity index (χ0) is 29.0. The second-order valence-electron chi connectivity index (χ2n) is 11.4. The third kappa shape index (κ3) is 3.85. The summed E-state index contributed by atoms with van der Waals surface area (Å²) in [6, 6.07) is 52.4. The lowest BCUT2D eigenvalue weighted by molar-refractivity contribution is 1.25. The van der Waals surface area contributed by atoms with Crippen LogP contribution in [0.2, 0.25) is 0 Å². The molecule has 0 bridgehead atoms. The number of hydrogen-bond donors (Lipinski definition) is 0. The molecule has 2 aliphatic rings. The van der Waals surface area contributed by atoms with Gasteiger partial charge in [-0.25, -0.2) is 0 Å². The summed E-state index contributed by atoms with van der Waals surface area (Å²) in [5.41, 5.74) is 16.6. The van der Waals surface area contributed by atoms with E-state index in [-0.39, 0.29) is 6.85 Å². The largest absolute Gasteiger partial charge is 0.376 e. The van der Waals surface area contributed by atoms with Gasteiger partial charge in [-0.05, 0) is 81.2 Å². The van der Waals surface area contributed by atoms with E-state index in [4.69, 9.17) is 4.98 Å². The first-order valence-corrected chi connectivity index (χ1v) is 15.0. The van der Waals surface area contributed by atoms with Crippen molar-refractivity contribution in [2.24, 2.45) is 0 Å². The lowest BCUT2D eigenvalue weighted by Gasteiger charge is -2.43. The molecule has 0 aliphatic carbocycles. The molecule has 4 heterocycles. The Labute approximate surface area is 257 Å². The molecule has 2 aliphatic heterocycles. The highest BCUT2D eigenvalue weighted by Gasteiger charge is 2.42. The SMILES string of the molecule is c1ccc(-c2ccc3c(c2)-c2ccccc2B2c4ccccc4-c4cc(-c5ccc(-c6ccccn6)nc5)ccc4N23)cc1. The van der Waals surface area contributed by atoms with E-state index in [9.17, 15) is 0 Å². The normalized spacial score (nSPS) is 12.5. The minimum Gasteiger partial charge on any atom is -0.376 e. The van der Waals surface area contributed by atoms with Crippen molar-refractivity contribution >= 4 is 29.1 Å². The Morgan fingerprint density at radius 2 is 0.977 bits per heavy atom. The van der Waals surface area contributed by atoms with Gasteiger partial charge in [-0.1, -0.05) is 103 Å². The second-order valence-corrected chi connectivity index (χ2v) is 11.4. The van der Waals surface area contributed by atoms with Crippen LogP contribution in [0.5, 0.6) is 0 Å². The molecule has 204 valence electrons. The predicted octanol–water partition coefficient (Wildman–Crippen LogP) is 8.38. The molecule has 0 fully saturated rings. The van der Waals surface area contributed by atoms with Crippen molar-refractivity contribution in [3.8, 4) is 55.9 Å². The Morgan fingerprint density at radius 1 is 0.409 bits per heavy atom. The monoisotopic (exact) mass is 559 g/mol. The summed E-state index contributed by atoms with van der Waals surface area (Å²) in [6.07, 6.45) is 3.76. The average Bonchev–Trinajstić information content (AvgIpc) is 3.12. The molecule has 7 aromatic rings. The fourth-order valence-electron chi connectivity index (χ4n) is 6.96. The fraction of sp³-hybridized carbons (Fsp3) is 0. The van der Waals surface area contributed by atoms with Gasteiger partial charge in [0.15, 0.2) is 0 Å². The number of rotatable bonds is 3. The van der Waals surface area contributed by atoms with Crippen LogP contribution in [0, 0.1) is 0 Å². The highest BCUT2D eigenvalue weighted by molar-refractivity contribution is 6.92. The summed E-state index contributed by atoms with van der Waals surface area (Å²) in [4.78, 5) is 11.8. The van der Waals surface area contributed by atoms with Crippen LogP contribution in [0.15, 0.2) is 158 Å². The Hall–Kier alpha value is -5.74. The van der Waals surface area contributed by atoms with Gasteiger partial charge in [0.25, 0.3) is 0 Å². The van der Waals surface area contributed by atoms with Crippen LogP contribution in [0.3, 0.4) is 0 Å². The number of aromatic nitrogens is 2. The molecule has 4 heteroatoms. The molecule has 3 nitrogen and oxygen atoms in total. The predicted molar refractivity (Wildman–Crippen MR) is 183 cm³/mol. The number of benzene rings is 5. The van der Waals surface area contributed by atoms with Gasteiger partial charge < -0.3 is 4.81 Å². The van der Waals surface area contributed by atoms with Crippen molar-refractivity contribution in [1.29, 1.82) is 0 Å². The molecule has 5 aromatic carbocycles. The molecule has 9 rings (SSSR count). The lowest BCUT2D eigenvalue weighted by atomic mass is 9.43. The molecule has 2 aromatic heterocycles. The fourth-order valence-corrected chi connectivity index (χ4v) is 6.96. The van der Waals surface area contributed by atoms with Gasteiger partial charge in [-0.15, -0.1) is 0 Å². The van der Waals surface area contributed by atoms with Crippen molar-refractivity contribution < 1.29 is 0 Å². The van der Waals surface area contributed by atoms with Crippen molar-refractivity contribution in [2.75, 3.05) is 4.81 Å². The number of hydrogen-bond acceptors (Lipinski definition) is 3. The van der Waals surface area contributed by atoms with Gasteiger partial charge >= 0.3 is 6.85 Å². The maximum atomic E-state index is 4.76. The maximum Gasteiger partial charge on any atom is 0.329 e. The standard InChI is InChI=1S/C40H26BN3/c1-2-10-27(11-3-1)28-18-21-39-33(24-28)31-12-4-6-14-35(31)41-36-15-7-5-13-32(36)34-25-29(19-22-40(34)44(39)41)30-17-20-38(43-26-30)37-16-8-9-23-42-37/h1-26H. The molecule has 0 spiro atoms. The van der Waals surface area contributed by atoms with Crippen molar-refractivity contribution in [2.45, 2.75) is 0 Å². The minimum absolute atomic E-state index is 0.0927. The second kappa shape index (κ2) is 9.93. The van der Waals surface area contributed by atoms with Crippen LogP contribution in [-0.2, 0) is 0 Å². The highest BCUT2D eigenvalue weighted by atomic mass is 15.1. The van der Waals surface area contributed by atoms with Gasteiger partial charge in [0, 0.05) is 40.5 Å². The minimum atomic E-state index is 0.0927. The Bertz CT molecular complexity index is 2180. The van der Waals surface area contributed by atoms with E-state index in [0.717, 1.165) is 22.5 Å². The molecule has 0 saturated carbocycles. The average molecular weight is 559 g/mol. The summed E-state index contributed by atoms with van der Waals surface area (Å²) in [5, 5.41) is 0. The van der Waals surface area contributed by atoms with Crippen LogP contribution in [-0.4, -0.2) is 16.8 Å². The molecule has 0 unspecified atom stereocenters. The molecular weight excluding hydrogens is 533 g/mol. The van der Waals surface area contributed by atoms with E-state index in [1.807, 2.05) is 24.4 Å². The first kappa shape index (κ1) is 24.8. The van der Waals surface area contributed by atoms with Gasteiger partial charge in [0.05, 0.1) is 11.4 Å². The summed E-state index contributed by atoms with van der Waals surface area (Å²) in [6.45, 7) is 0.0927. The zero-order valence-corrected chi connectivity index (χ0v) is 23.9. The van der Waals surface area contributed by atoms with Crippen LogP contribution in [0.4, 0.5) is 11.4 Å². The van der Waals surface area contributed by atoms with E-state index < -0.39 is 0 Å². The van der Waals surface area contributed by atoms with E-state index in [1.165, 1.54) is 55.7 Å². The summed E-state index contributed by atoms with van der Waals surface area (Å²) >= 11 is 0. The smallest absolute Gasteiger partial charge is 0.329 e. The molecule has 0 N–H and O–H groups in total. The first-order valence-electron chi connectivity index (χ1n) is 15.0. The van der Waals surface area contributed by atoms with Gasteiger partial charge in [0.1, 0.15) is 0 Å². The van der Waals surface area contributed by atoms with E-state index in [0.29, 0.717) is 0 Å². The molecule has 0 saturated heterocycles. The lowest BCUT2D eigenvalue weighted by Crippen LogP contribution is -2.59. The van der Waals surface area contributed by atoms with Crippen molar-refractivity contribution in [3.05, 3.63) is 158 Å². The van der Waals surface area contributed by atoms with E-state index >= 15 is 0 Å². The van der Waals surface area contributed by atoms with E-state index in [1.54, 1.807) is 6.20 Å². The van der Waals surface area contributed by atoms with Gasteiger partial charge in [-0.3, -0.25) is 9.97 Å². The van der Waals surface area contributed by atoms with Gasteiger partial charge in [-0.2, -0.15) is 0 Å². The van der Waals surface area contributed by atoms with Crippen LogP contribution < -0.4 is 15.7 Å². The number of fused-ring (bicyclic) bond motifs is 11. The zero-order valence-electron chi connectivity index (χ0n) is 23.9. The molecular formula is C40H26BN3. The summed E-state index contributed by atoms with van der Waals surface area (Å²) in [5.74, 6) is 0. The summed E-state index contributed by atoms with van der Waals surface area (Å²) < 4.78 is 0. The highest BCUT2D eigenvalue weighted by Crippen LogP contribution is 2.47. The third-order valence-corrected chi connectivity index (χ3v) is 8.99. The number of nitrogens with zero attached hydrogens (tertiary/aromatic N) is 3. The quantitative estimate of drug-likeness (QED) is 0.204. The van der Waals surface area contributed by atoms with Crippen LogP contribution >= 0.6 is 0 Å². The molecule has 0 atom stereocenters. The molecule has 0 amide bonds. The Kier molecular flexibility index (Phi) is 5.60. The van der Waals surface area contributed by atoms with Crippen molar-refractivity contribution in [3.63, 3.8) is 0 Å². The van der Waals surface area contributed by atoms with Crippen LogP contribution in [0.25, 0.3) is 55.9 Å². The summed E-state index contributed by atoms with van der Waals surface area (Å²) in [7, 11) is 0. The Balaban J connectivity index is 1.21. The first-order chi connectivity index (χ1) is 21.8. The number of pyridine rings is 2. The number of anilines is 2. The van der Waals surface area contributed by atoms with Crippen molar-refractivity contribution in [1.82, 2.24) is 9.97 Å². The molecule has 44 heavy (non-hydrogen) atoms. The Morgan fingerprint density at radius 3 is 1.59 bits per heavy atom. The molecule has 0 radical (unpaired) electrons. The maximum absolute atomic E-state index is 4.76. The van der Waals surface area contributed by atoms with Crippen LogP contribution in [0.1, 0.15) is 0 Å². The van der Waals surface area contributed by atoms with Gasteiger partial charge in [0.2, 0.25) is 0 Å².